The van der Waals surface area contributed by atoms with Gasteiger partial charge in [0.15, 0.2) is 0 Å². The molecule has 0 aliphatic heterocycles. The molecule has 1 amide bonds. The number of hydrogen-bond donors (Lipinski definition) is 1. The highest BCUT2D eigenvalue weighted by atomic mass is 16.2. The number of aromatic nitrogens is 5. The number of carbonyl (C=O) groups is 1. The zero-order valence-electron chi connectivity index (χ0n) is 19.5. The van der Waals surface area contributed by atoms with Gasteiger partial charge in [0.05, 0.1) is 30.2 Å². The molecule has 2 heterocycles. The fourth-order valence-corrected chi connectivity index (χ4v) is 3.91. The number of H-pyrrole nitrogens is 1. The lowest BCUT2D eigenvalue weighted by Crippen LogP contribution is -2.30. The molecule has 178 valence electrons. The molecule has 1 N–H and O–H groups in total. The molecule has 0 unspecified atom stereocenters. The third kappa shape index (κ3) is 5.61. The lowest BCUT2D eigenvalue weighted by Gasteiger charge is -2.21. The number of benzene rings is 3. The second kappa shape index (κ2) is 10.6. The predicted octanol–water partition coefficient (Wildman–Crippen LogP) is 3.81. The SMILES string of the molecule is O=C(/C=C/c1cn(Cc2ccccc2)nn1)N(Cc1ccccc1)Cc1nc2ccccc2c(=O)[nH]1. The zero-order valence-corrected chi connectivity index (χ0v) is 19.5. The average Bonchev–Trinajstić information content (AvgIpc) is 3.35. The van der Waals surface area contributed by atoms with Gasteiger partial charge in [-0.15, -0.1) is 5.10 Å². The Labute approximate surface area is 207 Å². The first-order valence-corrected chi connectivity index (χ1v) is 11.6. The second-order valence-electron chi connectivity index (χ2n) is 8.37. The molecule has 0 bridgehead atoms. The van der Waals surface area contributed by atoms with Crippen LogP contribution in [0.5, 0.6) is 0 Å². The largest absolute Gasteiger partial charge is 0.327 e. The van der Waals surface area contributed by atoms with Crippen molar-refractivity contribution in [2.45, 2.75) is 19.6 Å². The normalized spacial score (nSPS) is 11.2. The minimum atomic E-state index is -0.229. The molecule has 5 aromatic rings. The smallest absolute Gasteiger partial charge is 0.258 e. The Morgan fingerprint density at radius 1 is 0.889 bits per heavy atom. The lowest BCUT2D eigenvalue weighted by atomic mass is 10.2. The molecule has 0 saturated carbocycles. The van der Waals surface area contributed by atoms with E-state index < -0.39 is 0 Å². The van der Waals surface area contributed by atoms with E-state index in [0.29, 0.717) is 35.5 Å². The lowest BCUT2D eigenvalue weighted by molar-refractivity contribution is -0.127. The van der Waals surface area contributed by atoms with Crippen molar-refractivity contribution < 1.29 is 4.79 Å². The van der Waals surface area contributed by atoms with Crippen molar-refractivity contribution in [2.75, 3.05) is 0 Å². The number of para-hydroxylation sites is 1. The number of hydrogen-bond acceptors (Lipinski definition) is 5. The molecule has 0 fully saturated rings. The van der Waals surface area contributed by atoms with Crippen molar-refractivity contribution in [1.82, 2.24) is 29.9 Å². The fraction of sp³-hybridized carbons (Fsp3) is 0.107. The van der Waals surface area contributed by atoms with Crippen LogP contribution in [-0.4, -0.2) is 35.8 Å². The molecular weight excluding hydrogens is 452 g/mol. The Balaban J connectivity index is 1.35. The van der Waals surface area contributed by atoms with Gasteiger partial charge in [0.25, 0.3) is 5.56 Å². The van der Waals surface area contributed by atoms with E-state index in [1.54, 1.807) is 40.1 Å². The van der Waals surface area contributed by atoms with Gasteiger partial charge < -0.3 is 9.88 Å². The summed E-state index contributed by atoms with van der Waals surface area (Å²) in [7, 11) is 0. The maximum Gasteiger partial charge on any atom is 0.258 e. The van der Waals surface area contributed by atoms with E-state index >= 15 is 0 Å². The molecule has 0 saturated heterocycles. The standard InChI is InChI=1S/C28H24N6O2/c35-27(16-15-23-19-34(32-31-23)18-22-11-5-2-6-12-22)33(17-21-9-3-1-4-10-21)20-26-29-25-14-8-7-13-24(25)28(36)30-26/h1-16,19H,17-18,20H2,(H,29,30,36)/b16-15+. The van der Waals surface area contributed by atoms with Gasteiger partial charge in [-0.25, -0.2) is 9.67 Å². The summed E-state index contributed by atoms with van der Waals surface area (Å²) in [6.45, 7) is 1.11. The number of nitrogens with one attached hydrogen (secondary N) is 1. The zero-order chi connectivity index (χ0) is 24.7. The van der Waals surface area contributed by atoms with Gasteiger partial charge in [-0.1, -0.05) is 78.0 Å². The van der Waals surface area contributed by atoms with Gasteiger partial charge in [-0.3, -0.25) is 9.59 Å². The molecule has 3 aromatic carbocycles. The van der Waals surface area contributed by atoms with E-state index in [-0.39, 0.29) is 18.0 Å². The van der Waals surface area contributed by atoms with Crippen LogP contribution in [0.25, 0.3) is 17.0 Å². The molecular formula is C28H24N6O2. The molecule has 5 rings (SSSR count). The van der Waals surface area contributed by atoms with Crippen molar-refractivity contribution >= 4 is 22.9 Å². The molecule has 0 radical (unpaired) electrons. The highest BCUT2D eigenvalue weighted by Gasteiger charge is 2.15. The molecule has 8 nitrogen and oxygen atoms in total. The fourth-order valence-electron chi connectivity index (χ4n) is 3.91. The minimum absolute atomic E-state index is 0.152. The Morgan fingerprint density at radius 2 is 1.58 bits per heavy atom. The highest BCUT2D eigenvalue weighted by molar-refractivity contribution is 5.91. The summed E-state index contributed by atoms with van der Waals surface area (Å²) in [5, 5.41) is 8.82. The van der Waals surface area contributed by atoms with Gasteiger partial charge in [-0.2, -0.15) is 0 Å². The summed E-state index contributed by atoms with van der Waals surface area (Å²) >= 11 is 0. The van der Waals surface area contributed by atoms with E-state index in [4.69, 9.17) is 0 Å². The van der Waals surface area contributed by atoms with Crippen LogP contribution in [-0.2, 0) is 24.4 Å². The van der Waals surface area contributed by atoms with E-state index in [1.165, 1.54) is 6.08 Å². The van der Waals surface area contributed by atoms with Gasteiger partial charge in [0.2, 0.25) is 5.91 Å². The van der Waals surface area contributed by atoms with E-state index in [9.17, 15) is 9.59 Å². The van der Waals surface area contributed by atoms with Crippen LogP contribution in [0.4, 0.5) is 0 Å². The summed E-state index contributed by atoms with van der Waals surface area (Å²) in [6, 6.07) is 26.8. The minimum Gasteiger partial charge on any atom is -0.327 e. The highest BCUT2D eigenvalue weighted by Crippen LogP contribution is 2.12. The van der Waals surface area contributed by atoms with Crippen LogP contribution in [0.3, 0.4) is 0 Å². The number of aromatic amines is 1. The summed E-state index contributed by atoms with van der Waals surface area (Å²) in [6.07, 6.45) is 4.91. The molecule has 0 aliphatic carbocycles. The van der Waals surface area contributed by atoms with Crippen LogP contribution in [0.15, 0.2) is 102 Å². The van der Waals surface area contributed by atoms with Crippen LogP contribution >= 0.6 is 0 Å². The summed E-state index contributed by atoms with van der Waals surface area (Å²) < 4.78 is 1.73. The van der Waals surface area contributed by atoms with Crippen molar-refractivity contribution in [1.29, 1.82) is 0 Å². The molecule has 0 atom stereocenters. The van der Waals surface area contributed by atoms with Crippen molar-refractivity contribution in [3.05, 3.63) is 130 Å². The number of amides is 1. The Bertz CT molecular complexity index is 1560. The first-order valence-electron chi connectivity index (χ1n) is 11.6. The van der Waals surface area contributed by atoms with E-state index in [0.717, 1.165) is 11.1 Å². The van der Waals surface area contributed by atoms with Crippen molar-refractivity contribution in [2.24, 2.45) is 0 Å². The van der Waals surface area contributed by atoms with Crippen LogP contribution < -0.4 is 5.56 Å². The molecule has 0 spiro atoms. The summed E-state index contributed by atoms with van der Waals surface area (Å²) in [5.74, 6) is 0.192. The third-order valence-corrected chi connectivity index (χ3v) is 5.67. The predicted molar refractivity (Wildman–Crippen MR) is 138 cm³/mol. The summed E-state index contributed by atoms with van der Waals surface area (Å²) in [5.41, 5.74) is 3.02. The monoisotopic (exact) mass is 476 g/mol. The second-order valence-corrected chi connectivity index (χ2v) is 8.37. The maximum absolute atomic E-state index is 13.2. The number of nitrogens with zero attached hydrogens (tertiary/aromatic N) is 5. The quantitative estimate of drug-likeness (QED) is 0.344. The van der Waals surface area contributed by atoms with Gasteiger partial charge in [0.1, 0.15) is 11.5 Å². The maximum atomic E-state index is 13.2. The Morgan fingerprint density at radius 3 is 2.36 bits per heavy atom. The topological polar surface area (TPSA) is 96.8 Å². The molecule has 8 heteroatoms. The first-order chi connectivity index (χ1) is 17.6. The van der Waals surface area contributed by atoms with Crippen LogP contribution in [0, 0.1) is 0 Å². The molecule has 36 heavy (non-hydrogen) atoms. The van der Waals surface area contributed by atoms with Gasteiger partial charge in [0, 0.05) is 12.6 Å². The van der Waals surface area contributed by atoms with Crippen molar-refractivity contribution in [3.63, 3.8) is 0 Å². The summed E-state index contributed by atoms with van der Waals surface area (Å²) in [4.78, 5) is 34.8. The average molecular weight is 477 g/mol. The Kier molecular flexibility index (Phi) is 6.75. The third-order valence-electron chi connectivity index (χ3n) is 5.67. The van der Waals surface area contributed by atoms with Crippen molar-refractivity contribution in [3.8, 4) is 0 Å². The van der Waals surface area contributed by atoms with Crippen LogP contribution in [0.1, 0.15) is 22.6 Å². The van der Waals surface area contributed by atoms with E-state index in [1.807, 2.05) is 66.7 Å². The molecule has 0 aliphatic rings. The van der Waals surface area contributed by atoms with Crippen LogP contribution in [0.2, 0.25) is 0 Å². The number of carbonyl (C=O) groups excluding carboxylic acids is 1. The van der Waals surface area contributed by atoms with Gasteiger partial charge in [-0.05, 0) is 29.3 Å². The van der Waals surface area contributed by atoms with Gasteiger partial charge >= 0.3 is 0 Å². The first kappa shape index (κ1) is 22.9. The number of fused-ring (bicyclic) bond motifs is 1. The Hall–Kier alpha value is -4.85. The number of rotatable bonds is 8. The van der Waals surface area contributed by atoms with E-state index in [2.05, 4.69) is 20.3 Å². The molecule has 2 aromatic heterocycles.